The molecule has 3 nitrogen and oxygen atoms in total. The van der Waals surface area contributed by atoms with Crippen molar-refractivity contribution >= 4 is 0 Å². The predicted octanol–water partition coefficient (Wildman–Crippen LogP) is 3.11. The number of rotatable bonds is 1. The second kappa shape index (κ2) is 4.57. The first kappa shape index (κ1) is 11.9. The molecule has 2 aromatic rings. The van der Waals surface area contributed by atoms with E-state index < -0.39 is 5.75 Å². The zero-order valence-electron chi connectivity index (χ0n) is 7.88. The third-order valence-corrected chi connectivity index (χ3v) is 2.21. The van der Waals surface area contributed by atoms with E-state index in [0.717, 1.165) is 5.56 Å². The molecule has 0 radical (unpaired) electrons. The maximum absolute atomic E-state index is 9.62. The van der Waals surface area contributed by atoms with Crippen LogP contribution < -0.4 is 0 Å². The lowest BCUT2D eigenvalue weighted by Gasteiger charge is -2.07. The van der Waals surface area contributed by atoms with E-state index in [1.807, 2.05) is 30.3 Å². The van der Waals surface area contributed by atoms with Gasteiger partial charge < -0.3 is 15.3 Å². The number of phenols is 3. The quantitative estimate of drug-likeness (QED) is 0.644. The summed E-state index contributed by atoms with van der Waals surface area (Å²) < 4.78 is 0. The fourth-order valence-corrected chi connectivity index (χ4v) is 1.42. The summed E-state index contributed by atoms with van der Waals surface area (Å²) in [6, 6.07) is 12.0. The number of aromatic hydroxyl groups is 3. The molecule has 2 aromatic carbocycles. The van der Waals surface area contributed by atoms with Crippen LogP contribution in [0.3, 0.4) is 0 Å². The Bertz CT molecular complexity index is 478. The van der Waals surface area contributed by atoms with Crippen LogP contribution in [0.1, 0.15) is 7.43 Å². The van der Waals surface area contributed by atoms with Crippen molar-refractivity contribution in [2.45, 2.75) is 7.43 Å². The SMILES string of the molecule is C.Oc1ccc(-c2ccccc2)c(O)c1O. The van der Waals surface area contributed by atoms with E-state index in [-0.39, 0.29) is 18.9 Å². The summed E-state index contributed by atoms with van der Waals surface area (Å²) in [5.74, 6) is -1.12. The minimum Gasteiger partial charge on any atom is -0.504 e. The number of benzene rings is 2. The Morgan fingerprint density at radius 2 is 1.31 bits per heavy atom. The van der Waals surface area contributed by atoms with Crippen LogP contribution in [0.2, 0.25) is 0 Å². The molecule has 0 spiro atoms. The Kier molecular flexibility index (Phi) is 3.40. The molecule has 0 aliphatic heterocycles. The molecule has 0 heterocycles. The monoisotopic (exact) mass is 218 g/mol. The first-order valence-electron chi connectivity index (χ1n) is 4.49. The van der Waals surface area contributed by atoms with Crippen LogP contribution in [0.15, 0.2) is 42.5 Å². The second-order valence-corrected chi connectivity index (χ2v) is 3.20. The molecule has 0 aliphatic rings. The van der Waals surface area contributed by atoms with Gasteiger partial charge in [0.2, 0.25) is 5.75 Å². The van der Waals surface area contributed by atoms with E-state index in [9.17, 15) is 10.2 Å². The summed E-state index contributed by atoms with van der Waals surface area (Å²) >= 11 is 0. The normalized spacial score (nSPS) is 9.50. The van der Waals surface area contributed by atoms with Crippen molar-refractivity contribution in [1.82, 2.24) is 0 Å². The number of phenolic OH excluding ortho intramolecular Hbond substituents is 3. The Hall–Kier alpha value is -2.16. The van der Waals surface area contributed by atoms with E-state index in [4.69, 9.17) is 5.11 Å². The van der Waals surface area contributed by atoms with E-state index in [0.29, 0.717) is 5.56 Å². The van der Waals surface area contributed by atoms with Crippen LogP contribution in [0.4, 0.5) is 0 Å². The highest BCUT2D eigenvalue weighted by Gasteiger charge is 2.11. The average Bonchev–Trinajstić information content (AvgIpc) is 2.27. The van der Waals surface area contributed by atoms with Gasteiger partial charge in [0, 0.05) is 5.56 Å². The minimum atomic E-state index is -0.489. The zero-order chi connectivity index (χ0) is 10.8. The molecule has 0 aliphatic carbocycles. The molecule has 0 aromatic heterocycles. The van der Waals surface area contributed by atoms with Gasteiger partial charge in [-0.05, 0) is 17.7 Å². The third kappa shape index (κ3) is 1.93. The van der Waals surface area contributed by atoms with Crippen LogP contribution in [0.5, 0.6) is 17.2 Å². The zero-order valence-corrected chi connectivity index (χ0v) is 7.88. The van der Waals surface area contributed by atoms with Crippen LogP contribution in [0, 0.1) is 0 Å². The van der Waals surface area contributed by atoms with Gasteiger partial charge in [-0.1, -0.05) is 37.8 Å². The molecule has 0 atom stereocenters. The van der Waals surface area contributed by atoms with Crippen LogP contribution in [0.25, 0.3) is 11.1 Å². The number of hydrogen-bond acceptors (Lipinski definition) is 3. The van der Waals surface area contributed by atoms with E-state index >= 15 is 0 Å². The average molecular weight is 218 g/mol. The minimum absolute atomic E-state index is 0. The van der Waals surface area contributed by atoms with Gasteiger partial charge in [-0.15, -0.1) is 0 Å². The summed E-state index contributed by atoms with van der Waals surface area (Å²) in [5.41, 5.74) is 1.27. The molecule has 0 amide bonds. The standard InChI is InChI=1S/C12H10O3.CH4/c13-10-7-6-9(11(14)12(10)15)8-4-2-1-3-5-8;/h1-7,13-15H;1H4. The highest BCUT2D eigenvalue weighted by molar-refractivity contribution is 5.75. The second-order valence-electron chi connectivity index (χ2n) is 3.20. The summed E-state index contributed by atoms with van der Waals surface area (Å²) in [4.78, 5) is 0. The van der Waals surface area contributed by atoms with Crippen LogP contribution >= 0.6 is 0 Å². The van der Waals surface area contributed by atoms with E-state index in [1.165, 1.54) is 6.07 Å². The van der Waals surface area contributed by atoms with E-state index in [1.54, 1.807) is 6.07 Å². The maximum Gasteiger partial charge on any atom is 0.200 e. The van der Waals surface area contributed by atoms with Crippen molar-refractivity contribution in [1.29, 1.82) is 0 Å². The molecule has 0 saturated heterocycles. The summed E-state index contributed by atoms with van der Waals surface area (Å²) in [6.45, 7) is 0. The maximum atomic E-state index is 9.62. The fourth-order valence-electron chi connectivity index (χ4n) is 1.42. The molecule has 2 rings (SSSR count). The molecule has 0 unspecified atom stereocenters. The Labute approximate surface area is 94.2 Å². The summed E-state index contributed by atoms with van der Waals surface area (Å²) in [7, 11) is 0. The highest BCUT2D eigenvalue weighted by atomic mass is 16.3. The van der Waals surface area contributed by atoms with Crippen molar-refractivity contribution in [3.05, 3.63) is 42.5 Å². The Morgan fingerprint density at radius 1 is 0.688 bits per heavy atom. The molecular formula is C13H14O3. The van der Waals surface area contributed by atoms with Gasteiger partial charge in [-0.2, -0.15) is 0 Å². The molecule has 84 valence electrons. The summed E-state index contributed by atoms with van der Waals surface area (Å²) in [6.07, 6.45) is 0. The van der Waals surface area contributed by atoms with Crippen molar-refractivity contribution < 1.29 is 15.3 Å². The van der Waals surface area contributed by atoms with Gasteiger partial charge in [0.15, 0.2) is 11.5 Å². The molecule has 3 N–H and O–H groups in total. The summed E-state index contributed by atoms with van der Waals surface area (Å²) in [5, 5.41) is 28.1. The lowest BCUT2D eigenvalue weighted by Crippen LogP contribution is -1.79. The van der Waals surface area contributed by atoms with Crippen molar-refractivity contribution in [2.75, 3.05) is 0 Å². The molecule has 0 bridgehead atoms. The number of hydrogen-bond donors (Lipinski definition) is 3. The molecule has 0 fully saturated rings. The largest absolute Gasteiger partial charge is 0.504 e. The van der Waals surface area contributed by atoms with Gasteiger partial charge in [0.05, 0.1) is 0 Å². The lowest BCUT2D eigenvalue weighted by molar-refractivity contribution is 0.369. The fraction of sp³-hybridized carbons (Fsp3) is 0.0769. The lowest BCUT2D eigenvalue weighted by atomic mass is 10.0. The molecule has 3 heteroatoms. The van der Waals surface area contributed by atoms with Gasteiger partial charge >= 0.3 is 0 Å². The molecule has 16 heavy (non-hydrogen) atoms. The molecule has 0 saturated carbocycles. The molecular weight excluding hydrogens is 204 g/mol. The smallest absolute Gasteiger partial charge is 0.200 e. The van der Waals surface area contributed by atoms with Crippen molar-refractivity contribution in [3.63, 3.8) is 0 Å². The van der Waals surface area contributed by atoms with Crippen LogP contribution in [-0.2, 0) is 0 Å². The predicted molar refractivity (Wildman–Crippen MR) is 63.6 cm³/mol. The third-order valence-electron chi connectivity index (χ3n) is 2.21. The Morgan fingerprint density at radius 3 is 1.94 bits per heavy atom. The Balaban J connectivity index is 0.00000128. The van der Waals surface area contributed by atoms with Gasteiger partial charge in [0.25, 0.3) is 0 Å². The topological polar surface area (TPSA) is 60.7 Å². The van der Waals surface area contributed by atoms with Gasteiger partial charge in [0.1, 0.15) is 0 Å². The van der Waals surface area contributed by atoms with Gasteiger partial charge in [-0.3, -0.25) is 0 Å². The first-order valence-corrected chi connectivity index (χ1v) is 4.49. The van der Waals surface area contributed by atoms with Gasteiger partial charge in [-0.25, -0.2) is 0 Å². The van der Waals surface area contributed by atoms with Crippen molar-refractivity contribution in [3.8, 4) is 28.4 Å². The highest BCUT2D eigenvalue weighted by Crippen LogP contribution is 2.41. The first-order chi connectivity index (χ1) is 7.20. The van der Waals surface area contributed by atoms with Crippen LogP contribution in [-0.4, -0.2) is 15.3 Å². The van der Waals surface area contributed by atoms with E-state index in [2.05, 4.69) is 0 Å². The van der Waals surface area contributed by atoms with Crippen molar-refractivity contribution in [2.24, 2.45) is 0 Å².